The van der Waals surface area contributed by atoms with Crippen molar-refractivity contribution in [3.05, 3.63) is 6.33 Å². The Kier molecular flexibility index (Phi) is 4.03. The van der Waals surface area contributed by atoms with Crippen LogP contribution in [0.5, 0.6) is 0 Å². The van der Waals surface area contributed by atoms with E-state index in [2.05, 4.69) is 15.5 Å². The summed E-state index contributed by atoms with van der Waals surface area (Å²) in [5.74, 6) is 0.518. The van der Waals surface area contributed by atoms with Crippen LogP contribution in [-0.4, -0.2) is 57.8 Å². The summed E-state index contributed by atoms with van der Waals surface area (Å²) >= 11 is 0. The predicted octanol–water partition coefficient (Wildman–Crippen LogP) is -0.442. The van der Waals surface area contributed by atoms with Gasteiger partial charge in [0.25, 0.3) is 0 Å². The first-order valence-corrected chi connectivity index (χ1v) is 5.77. The summed E-state index contributed by atoms with van der Waals surface area (Å²) in [6, 6.07) is 0. The normalized spacial score (nSPS) is 20.5. The van der Waals surface area contributed by atoms with Gasteiger partial charge in [-0.05, 0) is 29.2 Å². The van der Waals surface area contributed by atoms with Crippen LogP contribution in [0.15, 0.2) is 6.33 Å². The molecule has 1 unspecified atom stereocenters. The van der Waals surface area contributed by atoms with Crippen LogP contribution in [0.25, 0.3) is 0 Å². The van der Waals surface area contributed by atoms with E-state index in [1.54, 1.807) is 7.11 Å². The second-order valence-corrected chi connectivity index (χ2v) is 4.31. The van der Waals surface area contributed by atoms with E-state index in [1.807, 2.05) is 4.90 Å². The van der Waals surface area contributed by atoms with Crippen LogP contribution in [0.3, 0.4) is 0 Å². The highest BCUT2D eigenvalue weighted by Crippen LogP contribution is 2.16. The van der Waals surface area contributed by atoms with Gasteiger partial charge in [-0.1, -0.05) is 0 Å². The minimum Gasteiger partial charge on any atom is -0.384 e. The third-order valence-corrected chi connectivity index (χ3v) is 2.96. The summed E-state index contributed by atoms with van der Waals surface area (Å²) in [6.45, 7) is 2.53. The number of nitrogens with zero attached hydrogens (tertiary/aromatic N) is 5. The molecule has 0 aromatic carbocycles. The molecule has 1 aromatic rings. The number of hydrogen-bond donors (Lipinski definition) is 0. The standard InChI is InChI=1S/C10H17N5O2/c1-17-7-9-3-2-4-14(5-9)10(16)6-15-8-11-12-13-15/h8-9H,2-7H2,1H3. The molecule has 94 valence electrons. The van der Waals surface area contributed by atoms with Crippen LogP contribution >= 0.6 is 0 Å². The third-order valence-electron chi connectivity index (χ3n) is 2.96. The van der Waals surface area contributed by atoms with E-state index < -0.39 is 0 Å². The summed E-state index contributed by atoms with van der Waals surface area (Å²) in [5.41, 5.74) is 0. The van der Waals surface area contributed by atoms with Crippen LogP contribution < -0.4 is 0 Å². The summed E-state index contributed by atoms with van der Waals surface area (Å²) in [4.78, 5) is 13.9. The van der Waals surface area contributed by atoms with Crippen molar-refractivity contribution in [2.45, 2.75) is 19.4 Å². The Morgan fingerprint density at radius 2 is 2.47 bits per heavy atom. The number of hydrogen-bond acceptors (Lipinski definition) is 5. The van der Waals surface area contributed by atoms with E-state index in [1.165, 1.54) is 11.0 Å². The quantitative estimate of drug-likeness (QED) is 0.712. The minimum atomic E-state index is 0.0677. The number of carbonyl (C=O) groups excluding carboxylic acids is 1. The summed E-state index contributed by atoms with van der Waals surface area (Å²) in [6.07, 6.45) is 3.62. The molecule has 1 aliphatic rings. The topological polar surface area (TPSA) is 73.1 Å². The van der Waals surface area contributed by atoms with Crippen LogP contribution in [0.1, 0.15) is 12.8 Å². The van der Waals surface area contributed by atoms with Crippen LogP contribution in [0, 0.1) is 5.92 Å². The number of amides is 1. The van der Waals surface area contributed by atoms with Crippen molar-refractivity contribution in [1.29, 1.82) is 0 Å². The van der Waals surface area contributed by atoms with Gasteiger partial charge in [-0.15, -0.1) is 5.10 Å². The number of methoxy groups -OCH3 is 1. The van der Waals surface area contributed by atoms with Crippen molar-refractivity contribution in [3.8, 4) is 0 Å². The highest BCUT2D eigenvalue weighted by molar-refractivity contribution is 5.75. The Labute approximate surface area is 99.7 Å². The largest absolute Gasteiger partial charge is 0.384 e. The van der Waals surface area contributed by atoms with Gasteiger partial charge in [-0.3, -0.25) is 4.79 Å². The lowest BCUT2D eigenvalue weighted by Crippen LogP contribution is -2.42. The molecular weight excluding hydrogens is 222 g/mol. The molecule has 7 heteroatoms. The zero-order valence-corrected chi connectivity index (χ0v) is 9.95. The number of aromatic nitrogens is 4. The van der Waals surface area contributed by atoms with E-state index in [4.69, 9.17) is 4.74 Å². The second-order valence-electron chi connectivity index (χ2n) is 4.31. The van der Waals surface area contributed by atoms with Crippen molar-refractivity contribution in [2.24, 2.45) is 5.92 Å². The molecular formula is C10H17N5O2. The van der Waals surface area contributed by atoms with Crippen molar-refractivity contribution in [1.82, 2.24) is 25.1 Å². The number of carbonyl (C=O) groups is 1. The second kappa shape index (κ2) is 5.72. The molecule has 0 N–H and O–H groups in total. The number of piperidine rings is 1. The van der Waals surface area contributed by atoms with E-state index in [9.17, 15) is 4.79 Å². The lowest BCUT2D eigenvalue weighted by Gasteiger charge is -2.32. The van der Waals surface area contributed by atoms with Gasteiger partial charge in [0, 0.05) is 20.2 Å². The number of ether oxygens (including phenoxy) is 1. The number of likely N-dealkylation sites (tertiary alicyclic amines) is 1. The van der Waals surface area contributed by atoms with E-state index in [-0.39, 0.29) is 12.5 Å². The average Bonchev–Trinajstić information content (AvgIpc) is 2.83. The molecule has 1 atom stereocenters. The predicted molar refractivity (Wildman–Crippen MR) is 59.0 cm³/mol. The van der Waals surface area contributed by atoms with Gasteiger partial charge in [-0.2, -0.15) is 0 Å². The first-order chi connectivity index (χ1) is 8.29. The maximum absolute atomic E-state index is 12.0. The van der Waals surface area contributed by atoms with Gasteiger partial charge >= 0.3 is 0 Å². The molecule has 1 fully saturated rings. The van der Waals surface area contributed by atoms with Gasteiger partial charge in [0.1, 0.15) is 12.9 Å². The average molecular weight is 239 g/mol. The molecule has 0 radical (unpaired) electrons. The van der Waals surface area contributed by atoms with E-state index in [0.717, 1.165) is 25.9 Å². The molecule has 1 aromatic heterocycles. The minimum absolute atomic E-state index is 0.0677. The Morgan fingerprint density at radius 1 is 1.59 bits per heavy atom. The van der Waals surface area contributed by atoms with Crippen molar-refractivity contribution >= 4 is 5.91 Å². The molecule has 1 aliphatic heterocycles. The molecule has 1 amide bonds. The molecule has 0 saturated carbocycles. The van der Waals surface area contributed by atoms with Gasteiger partial charge < -0.3 is 9.64 Å². The maximum atomic E-state index is 12.0. The molecule has 2 rings (SSSR count). The Morgan fingerprint density at radius 3 is 3.18 bits per heavy atom. The third kappa shape index (κ3) is 3.23. The first-order valence-electron chi connectivity index (χ1n) is 5.77. The zero-order chi connectivity index (χ0) is 12.1. The van der Waals surface area contributed by atoms with Crippen LogP contribution in [0.4, 0.5) is 0 Å². The van der Waals surface area contributed by atoms with Gasteiger partial charge in [0.15, 0.2) is 0 Å². The van der Waals surface area contributed by atoms with Gasteiger partial charge in [-0.25, -0.2) is 4.68 Å². The smallest absolute Gasteiger partial charge is 0.244 e. The van der Waals surface area contributed by atoms with E-state index >= 15 is 0 Å². The maximum Gasteiger partial charge on any atom is 0.244 e. The Hall–Kier alpha value is -1.50. The molecule has 7 nitrogen and oxygen atoms in total. The van der Waals surface area contributed by atoms with Crippen molar-refractivity contribution in [2.75, 3.05) is 26.8 Å². The van der Waals surface area contributed by atoms with Crippen LogP contribution in [-0.2, 0) is 16.1 Å². The number of tetrazole rings is 1. The molecule has 0 bridgehead atoms. The van der Waals surface area contributed by atoms with Crippen molar-refractivity contribution < 1.29 is 9.53 Å². The van der Waals surface area contributed by atoms with Gasteiger partial charge in [0.05, 0.1) is 6.61 Å². The first kappa shape index (κ1) is 12.0. The summed E-state index contributed by atoms with van der Waals surface area (Å²) in [7, 11) is 1.70. The zero-order valence-electron chi connectivity index (χ0n) is 9.95. The Bertz CT molecular complexity index is 352. The van der Waals surface area contributed by atoms with Gasteiger partial charge in [0.2, 0.25) is 5.91 Å². The molecule has 0 spiro atoms. The summed E-state index contributed by atoms with van der Waals surface area (Å²) in [5, 5.41) is 10.7. The fourth-order valence-electron chi connectivity index (χ4n) is 2.15. The van der Waals surface area contributed by atoms with E-state index in [0.29, 0.717) is 12.5 Å². The molecule has 2 heterocycles. The highest BCUT2D eigenvalue weighted by Gasteiger charge is 2.23. The lowest BCUT2D eigenvalue weighted by molar-refractivity contribution is -0.134. The van der Waals surface area contributed by atoms with Crippen molar-refractivity contribution in [3.63, 3.8) is 0 Å². The Balaban J connectivity index is 1.86. The molecule has 0 aliphatic carbocycles. The summed E-state index contributed by atoms with van der Waals surface area (Å²) < 4.78 is 6.59. The number of rotatable bonds is 4. The highest BCUT2D eigenvalue weighted by atomic mass is 16.5. The fourth-order valence-corrected chi connectivity index (χ4v) is 2.15. The lowest BCUT2D eigenvalue weighted by atomic mass is 9.99. The van der Waals surface area contributed by atoms with Crippen LogP contribution in [0.2, 0.25) is 0 Å². The SMILES string of the molecule is COCC1CCCN(C(=O)Cn2cnnn2)C1. The monoisotopic (exact) mass is 239 g/mol. The fraction of sp³-hybridized carbons (Fsp3) is 0.800. The molecule has 17 heavy (non-hydrogen) atoms. The molecule has 1 saturated heterocycles.